The van der Waals surface area contributed by atoms with E-state index >= 15 is 0 Å². The summed E-state index contributed by atoms with van der Waals surface area (Å²) in [5.41, 5.74) is -0.0705. The first-order chi connectivity index (χ1) is 8.85. The summed E-state index contributed by atoms with van der Waals surface area (Å²) in [5, 5.41) is 12.5. The zero-order valence-corrected chi connectivity index (χ0v) is 12.9. The SMILES string of the molecule is CCN(C(=O)NCC(C)(C)CC(C)O)C1CCCC1. The minimum absolute atomic E-state index is 0.0491. The molecule has 0 radical (unpaired) electrons. The molecule has 0 spiro atoms. The summed E-state index contributed by atoms with van der Waals surface area (Å²) < 4.78 is 0. The molecule has 4 heteroatoms. The largest absolute Gasteiger partial charge is 0.393 e. The fraction of sp³-hybridized carbons (Fsp3) is 0.933. The van der Waals surface area contributed by atoms with Crippen LogP contribution in [0.2, 0.25) is 0 Å². The monoisotopic (exact) mass is 270 g/mol. The van der Waals surface area contributed by atoms with Gasteiger partial charge in [-0.15, -0.1) is 0 Å². The number of carbonyl (C=O) groups is 1. The quantitative estimate of drug-likeness (QED) is 0.779. The van der Waals surface area contributed by atoms with Crippen LogP contribution in [0, 0.1) is 5.41 Å². The van der Waals surface area contributed by atoms with Crippen molar-refractivity contribution in [2.75, 3.05) is 13.1 Å². The summed E-state index contributed by atoms with van der Waals surface area (Å²) >= 11 is 0. The molecule has 1 atom stereocenters. The highest BCUT2D eigenvalue weighted by Gasteiger charge is 2.27. The molecular weight excluding hydrogens is 240 g/mol. The highest BCUT2D eigenvalue weighted by Crippen LogP contribution is 2.24. The van der Waals surface area contributed by atoms with E-state index in [1.807, 2.05) is 11.8 Å². The zero-order chi connectivity index (χ0) is 14.5. The molecule has 19 heavy (non-hydrogen) atoms. The topological polar surface area (TPSA) is 52.6 Å². The van der Waals surface area contributed by atoms with Gasteiger partial charge in [0.25, 0.3) is 0 Å². The summed E-state index contributed by atoms with van der Waals surface area (Å²) in [6.07, 6.45) is 5.12. The van der Waals surface area contributed by atoms with Crippen molar-refractivity contribution in [3.63, 3.8) is 0 Å². The molecule has 0 aromatic carbocycles. The standard InChI is InChI=1S/C15H30N2O2/c1-5-17(13-8-6-7-9-13)14(19)16-11-15(3,4)10-12(2)18/h12-13,18H,5-11H2,1-4H3,(H,16,19). The lowest BCUT2D eigenvalue weighted by atomic mass is 9.87. The van der Waals surface area contributed by atoms with E-state index in [1.54, 1.807) is 6.92 Å². The number of amides is 2. The first-order valence-electron chi connectivity index (χ1n) is 7.58. The van der Waals surface area contributed by atoms with Crippen molar-refractivity contribution >= 4 is 6.03 Å². The predicted octanol–water partition coefficient (Wildman–Crippen LogP) is 2.76. The second-order valence-electron chi connectivity index (χ2n) is 6.60. The van der Waals surface area contributed by atoms with Crippen molar-refractivity contribution in [2.45, 2.75) is 71.9 Å². The Morgan fingerprint density at radius 2 is 2.00 bits per heavy atom. The molecule has 2 N–H and O–H groups in total. The molecule has 4 nitrogen and oxygen atoms in total. The molecule has 1 aliphatic rings. The van der Waals surface area contributed by atoms with Crippen LogP contribution in [-0.4, -0.2) is 41.3 Å². The van der Waals surface area contributed by atoms with E-state index in [0.717, 1.165) is 19.4 Å². The van der Waals surface area contributed by atoms with Crippen LogP contribution < -0.4 is 5.32 Å². The maximum Gasteiger partial charge on any atom is 0.317 e. The number of hydrogen-bond donors (Lipinski definition) is 2. The number of urea groups is 1. The van der Waals surface area contributed by atoms with Crippen LogP contribution in [0.3, 0.4) is 0 Å². The van der Waals surface area contributed by atoms with Crippen molar-refractivity contribution in [1.29, 1.82) is 0 Å². The fourth-order valence-electron chi connectivity index (χ4n) is 3.07. The average Bonchev–Trinajstić information content (AvgIpc) is 2.79. The van der Waals surface area contributed by atoms with Gasteiger partial charge in [-0.05, 0) is 38.5 Å². The Morgan fingerprint density at radius 3 is 2.47 bits per heavy atom. The number of aliphatic hydroxyl groups excluding tert-OH is 1. The molecule has 1 saturated carbocycles. The van der Waals surface area contributed by atoms with Gasteiger partial charge in [-0.25, -0.2) is 4.79 Å². The van der Waals surface area contributed by atoms with Gasteiger partial charge in [0.15, 0.2) is 0 Å². The van der Waals surface area contributed by atoms with Gasteiger partial charge >= 0.3 is 6.03 Å². The van der Waals surface area contributed by atoms with E-state index in [4.69, 9.17) is 0 Å². The highest BCUT2D eigenvalue weighted by atomic mass is 16.3. The Balaban J connectivity index is 2.44. The predicted molar refractivity (Wildman–Crippen MR) is 78.1 cm³/mol. The van der Waals surface area contributed by atoms with Crippen molar-refractivity contribution in [2.24, 2.45) is 5.41 Å². The Kier molecular flexibility index (Phi) is 6.11. The number of hydrogen-bond acceptors (Lipinski definition) is 2. The third kappa shape index (κ3) is 5.39. The van der Waals surface area contributed by atoms with Gasteiger partial charge in [0.2, 0.25) is 0 Å². The molecule has 0 aliphatic heterocycles. The average molecular weight is 270 g/mol. The van der Waals surface area contributed by atoms with Crippen LogP contribution in [0.25, 0.3) is 0 Å². The Hall–Kier alpha value is -0.770. The Labute approximate surface area is 117 Å². The summed E-state index contributed by atoms with van der Waals surface area (Å²) in [6, 6.07) is 0.470. The second-order valence-corrected chi connectivity index (χ2v) is 6.60. The Bertz CT molecular complexity index is 284. The molecule has 1 aliphatic carbocycles. The van der Waals surface area contributed by atoms with E-state index < -0.39 is 0 Å². The number of carbonyl (C=O) groups excluding carboxylic acids is 1. The van der Waals surface area contributed by atoms with Crippen molar-refractivity contribution in [3.8, 4) is 0 Å². The number of nitrogens with zero attached hydrogens (tertiary/aromatic N) is 1. The van der Waals surface area contributed by atoms with Crippen molar-refractivity contribution < 1.29 is 9.90 Å². The molecule has 1 fully saturated rings. The van der Waals surface area contributed by atoms with Crippen LogP contribution in [0.15, 0.2) is 0 Å². The van der Waals surface area contributed by atoms with Crippen LogP contribution in [0.4, 0.5) is 4.79 Å². The van der Waals surface area contributed by atoms with E-state index in [2.05, 4.69) is 19.2 Å². The van der Waals surface area contributed by atoms with Gasteiger partial charge in [0, 0.05) is 19.1 Å². The van der Waals surface area contributed by atoms with Gasteiger partial charge in [0.05, 0.1) is 6.10 Å². The number of rotatable bonds is 6. The number of nitrogens with one attached hydrogen (secondary N) is 1. The van der Waals surface area contributed by atoms with Gasteiger partial charge < -0.3 is 15.3 Å². The van der Waals surface area contributed by atoms with E-state index in [1.165, 1.54) is 12.8 Å². The smallest absolute Gasteiger partial charge is 0.317 e. The van der Waals surface area contributed by atoms with Crippen LogP contribution in [0.5, 0.6) is 0 Å². The summed E-state index contributed by atoms with van der Waals surface area (Å²) in [6.45, 7) is 9.37. The molecule has 2 amide bonds. The molecule has 112 valence electrons. The fourth-order valence-corrected chi connectivity index (χ4v) is 3.07. The van der Waals surface area contributed by atoms with Gasteiger partial charge in [-0.3, -0.25) is 0 Å². The Morgan fingerprint density at radius 1 is 1.42 bits per heavy atom. The highest BCUT2D eigenvalue weighted by molar-refractivity contribution is 5.74. The van der Waals surface area contributed by atoms with Crippen LogP contribution in [0.1, 0.15) is 59.8 Å². The second kappa shape index (κ2) is 7.13. The lowest BCUT2D eigenvalue weighted by Gasteiger charge is -2.31. The van der Waals surface area contributed by atoms with Gasteiger partial charge in [0.1, 0.15) is 0 Å². The van der Waals surface area contributed by atoms with Crippen molar-refractivity contribution in [1.82, 2.24) is 10.2 Å². The minimum Gasteiger partial charge on any atom is -0.393 e. The first kappa shape index (κ1) is 16.3. The molecule has 0 aromatic heterocycles. The summed E-state index contributed by atoms with van der Waals surface area (Å²) in [4.78, 5) is 14.2. The molecule has 1 rings (SSSR count). The lowest BCUT2D eigenvalue weighted by Crippen LogP contribution is -2.47. The third-order valence-corrected chi connectivity index (χ3v) is 3.93. The molecule has 0 bridgehead atoms. The van der Waals surface area contributed by atoms with Crippen LogP contribution >= 0.6 is 0 Å². The third-order valence-electron chi connectivity index (χ3n) is 3.93. The van der Waals surface area contributed by atoms with Crippen LogP contribution in [-0.2, 0) is 0 Å². The molecule has 1 unspecified atom stereocenters. The minimum atomic E-state index is -0.330. The van der Waals surface area contributed by atoms with Gasteiger partial charge in [-0.2, -0.15) is 0 Å². The van der Waals surface area contributed by atoms with E-state index in [0.29, 0.717) is 19.0 Å². The van der Waals surface area contributed by atoms with Gasteiger partial charge in [-0.1, -0.05) is 26.7 Å². The normalized spacial score (nSPS) is 18.4. The lowest BCUT2D eigenvalue weighted by molar-refractivity contribution is 0.125. The first-order valence-corrected chi connectivity index (χ1v) is 7.58. The van der Waals surface area contributed by atoms with Crippen molar-refractivity contribution in [3.05, 3.63) is 0 Å². The molecule has 0 heterocycles. The maximum absolute atomic E-state index is 12.2. The summed E-state index contributed by atoms with van der Waals surface area (Å²) in [5.74, 6) is 0. The molecule has 0 aromatic rings. The van der Waals surface area contributed by atoms with E-state index in [9.17, 15) is 9.90 Å². The summed E-state index contributed by atoms with van der Waals surface area (Å²) in [7, 11) is 0. The molecule has 0 saturated heterocycles. The zero-order valence-electron chi connectivity index (χ0n) is 12.9. The number of aliphatic hydroxyl groups is 1. The van der Waals surface area contributed by atoms with E-state index in [-0.39, 0.29) is 17.6 Å². The maximum atomic E-state index is 12.2. The molecular formula is C15H30N2O2.